The molecule has 3 aliphatic heterocycles. The Labute approximate surface area is 207 Å². The molecule has 0 aromatic carbocycles. The van der Waals surface area contributed by atoms with Crippen molar-refractivity contribution in [3.8, 4) is 10.6 Å². The van der Waals surface area contributed by atoms with Gasteiger partial charge in [0.15, 0.2) is 5.76 Å². The third-order valence-corrected chi connectivity index (χ3v) is 7.27. The smallest absolute Gasteiger partial charge is 0.237 e. The summed E-state index contributed by atoms with van der Waals surface area (Å²) in [6.07, 6.45) is 11.8. The van der Waals surface area contributed by atoms with Crippen molar-refractivity contribution in [3.05, 3.63) is 76.1 Å². The molecular weight excluding hydrogens is 474 g/mol. The lowest BCUT2D eigenvalue weighted by Gasteiger charge is -2.41. The molecule has 8 nitrogen and oxygen atoms in total. The van der Waals surface area contributed by atoms with Gasteiger partial charge in [-0.2, -0.15) is 0 Å². The molecule has 2 N–H and O–H groups in total. The number of ether oxygens (including phenoxy) is 1. The standard InChI is InChI=1S/C24H26ClN5O3S/c1-32-15-19-13-28(12-17-9-20(33-27-17)21-7-8-22(25)34-21)14-24(31)30(19)11-16-5-6-18-3-2-4-23(26)29(18)10-16/h2-10,19,23H,11-15,26H2,1H3/t19-,23?/m1/s1. The Kier molecular flexibility index (Phi) is 6.71. The molecule has 0 bridgehead atoms. The number of amides is 1. The van der Waals surface area contributed by atoms with Crippen LogP contribution in [0.2, 0.25) is 4.34 Å². The van der Waals surface area contributed by atoms with Crippen LogP contribution in [0.15, 0.2) is 70.6 Å². The van der Waals surface area contributed by atoms with Crippen molar-refractivity contribution in [2.75, 3.05) is 33.4 Å². The summed E-state index contributed by atoms with van der Waals surface area (Å²) < 4.78 is 11.7. The molecule has 2 atom stereocenters. The van der Waals surface area contributed by atoms with Gasteiger partial charge in [0.2, 0.25) is 5.91 Å². The molecule has 2 aromatic rings. The Morgan fingerprint density at radius 1 is 1.32 bits per heavy atom. The van der Waals surface area contributed by atoms with Crippen molar-refractivity contribution in [2.45, 2.75) is 18.8 Å². The summed E-state index contributed by atoms with van der Waals surface area (Å²) in [6.45, 7) is 2.47. The molecule has 0 aliphatic carbocycles. The Morgan fingerprint density at radius 2 is 2.21 bits per heavy atom. The zero-order chi connectivity index (χ0) is 23.7. The van der Waals surface area contributed by atoms with E-state index in [4.69, 9.17) is 26.6 Å². The molecule has 10 heteroatoms. The van der Waals surface area contributed by atoms with E-state index >= 15 is 0 Å². The zero-order valence-corrected chi connectivity index (χ0v) is 20.3. The predicted molar refractivity (Wildman–Crippen MR) is 132 cm³/mol. The van der Waals surface area contributed by atoms with Gasteiger partial charge in [-0.1, -0.05) is 28.9 Å². The quantitative estimate of drug-likeness (QED) is 0.625. The summed E-state index contributed by atoms with van der Waals surface area (Å²) in [5, 5.41) is 4.19. The van der Waals surface area contributed by atoms with Crippen LogP contribution in [0, 0.1) is 0 Å². The van der Waals surface area contributed by atoms with E-state index in [0.717, 1.165) is 21.8 Å². The van der Waals surface area contributed by atoms with E-state index in [9.17, 15) is 4.79 Å². The first-order valence-corrected chi connectivity index (χ1v) is 12.2. The first-order valence-electron chi connectivity index (χ1n) is 11.0. The van der Waals surface area contributed by atoms with E-state index in [1.165, 1.54) is 11.3 Å². The van der Waals surface area contributed by atoms with Crippen molar-refractivity contribution >= 4 is 28.8 Å². The maximum absolute atomic E-state index is 13.2. The minimum absolute atomic E-state index is 0.0561. The lowest BCUT2D eigenvalue weighted by Crippen LogP contribution is -2.58. The topological polar surface area (TPSA) is 88.1 Å². The van der Waals surface area contributed by atoms with E-state index in [2.05, 4.69) is 10.1 Å². The Hall–Kier alpha value is -2.69. The summed E-state index contributed by atoms with van der Waals surface area (Å²) in [6, 6.07) is 5.58. The van der Waals surface area contributed by atoms with Crippen molar-refractivity contribution in [2.24, 2.45) is 5.73 Å². The first-order chi connectivity index (χ1) is 16.5. The van der Waals surface area contributed by atoms with Gasteiger partial charge in [0.25, 0.3) is 0 Å². The molecule has 34 heavy (non-hydrogen) atoms. The molecule has 0 saturated carbocycles. The van der Waals surface area contributed by atoms with Crippen LogP contribution in [-0.4, -0.2) is 71.3 Å². The Balaban J connectivity index is 1.26. The molecule has 1 fully saturated rings. The lowest BCUT2D eigenvalue weighted by molar-refractivity contribution is -0.141. The molecule has 178 valence electrons. The number of allylic oxidation sites excluding steroid dienone is 3. The van der Waals surface area contributed by atoms with Gasteiger partial charge in [0, 0.05) is 44.7 Å². The summed E-state index contributed by atoms with van der Waals surface area (Å²) in [5.41, 5.74) is 9.06. The fourth-order valence-corrected chi connectivity index (χ4v) is 5.41. The second kappa shape index (κ2) is 9.89. The van der Waals surface area contributed by atoms with Gasteiger partial charge < -0.3 is 24.8 Å². The number of carbonyl (C=O) groups is 1. The Morgan fingerprint density at radius 3 is 3.00 bits per heavy atom. The van der Waals surface area contributed by atoms with E-state index < -0.39 is 0 Å². The van der Waals surface area contributed by atoms with Crippen LogP contribution in [0.25, 0.3) is 10.6 Å². The lowest BCUT2D eigenvalue weighted by atomic mass is 10.1. The van der Waals surface area contributed by atoms with Gasteiger partial charge in [-0.25, -0.2) is 0 Å². The minimum atomic E-state index is -0.208. The maximum atomic E-state index is 13.2. The van der Waals surface area contributed by atoms with Gasteiger partial charge in [-0.05, 0) is 35.9 Å². The van der Waals surface area contributed by atoms with Crippen LogP contribution >= 0.6 is 22.9 Å². The number of nitrogens with zero attached hydrogens (tertiary/aromatic N) is 4. The number of halogens is 1. The second-order valence-corrected chi connectivity index (χ2v) is 10.2. The first kappa shape index (κ1) is 23.1. The molecule has 2 aromatic heterocycles. The number of fused-ring (bicyclic) bond motifs is 1. The largest absolute Gasteiger partial charge is 0.382 e. The average Bonchev–Trinajstić information content (AvgIpc) is 3.46. The molecule has 5 heterocycles. The number of piperazine rings is 1. The zero-order valence-electron chi connectivity index (χ0n) is 18.8. The number of aromatic nitrogens is 1. The van der Waals surface area contributed by atoms with Crippen molar-refractivity contribution < 1.29 is 14.1 Å². The normalized spacial score (nSPS) is 22.7. The molecule has 0 radical (unpaired) electrons. The summed E-state index contributed by atoms with van der Waals surface area (Å²) in [7, 11) is 1.66. The molecular formula is C24H26ClN5O3S. The van der Waals surface area contributed by atoms with Crippen LogP contribution in [0.5, 0.6) is 0 Å². The van der Waals surface area contributed by atoms with E-state index in [1.807, 2.05) is 64.6 Å². The van der Waals surface area contributed by atoms with Crippen LogP contribution < -0.4 is 5.73 Å². The van der Waals surface area contributed by atoms with Crippen LogP contribution in [-0.2, 0) is 16.1 Å². The summed E-state index contributed by atoms with van der Waals surface area (Å²) in [4.78, 5) is 20.1. The highest BCUT2D eigenvalue weighted by atomic mass is 35.5. The molecule has 3 aliphatic rings. The van der Waals surface area contributed by atoms with Crippen LogP contribution in [0.1, 0.15) is 5.69 Å². The maximum Gasteiger partial charge on any atom is 0.237 e. The van der Waals surface area contributed by atoms with E-state index in [0.29, 0.717) is 42.9 Å². The highest BCUT2D eigenvalue weighted by molar-refractivity contribution is 7.19. The Bertz CT molecular complexity index is 1180. The number of hydrogen-bond acceptors (Lipinski definition) is 8. The fourth-order valence-electron chi connectivity index (χ4n) is 4.42. The van der Waals surface area contributed by atoms with Crippen molar-refractivity contribution in [1.82, 2.24) is 19.9 Å². The van der Waals surface area contributed by atoms with E-state index in [-0.39, 0.29) is 18.1 Å². The van der Waals surface area contributed by atoms with Crippen LogP contribution in [0.3, 0.4) is 0 Å². The van der Waals surface area contributed by atoms with Gasteiger partial charge in [-0.15, -0.1) is 11.3 Å². The number of nitrogens with two attached hydrogens (primary N) is 1. The highest BCUT2D eigenvalue weighted by Gasteiger charge is 2.33. The van der Waals surface area contributed by atoms with Crippen molar-refractivity contribution in [3.63, 3.8) is 0 Å². The fraction of sp³-hybridized carbons (Fsp3) is 0.333. The van der Waals surface area contributed by atoms with E-state index in [1.54, 1.807) is 7.11 Å². The summed E-state index contributed by atoms with van der Waals surface area (Å²) >= 11 is 7.47. The monoisotopic (exact) mass is 499 g/mol. The van der Waals surface area contributed by atoms with Gasteiger partial charge in [0.1, 0.15) is 6.17 Å². The third-order valence-electron chi connectivity index (χ3n) is 6.03. The molecule has 1 amide bonds. The predicted octanol–water partition coefficient (Wildman–Crippen LogP) is 3.21. The molecule has 5 rings (SSSR count). The third kappa shape index (κ3) is 4.89. The number of carbonyl (C=O) groups excluding carboxylic acids is 1. The van der Waals surface area contributed by atoms with Crippen LogP contribution in [0.4, 0.5) is 0 Å². The average molecular weight is 500 g/mol. The number of thiophene rings is 1. The van der Waals surface area contributed by atoms with Gasteiger partial charge >= 0.3 is 0 Å². The number of methoxy groups -OCH3 is 1. The molecule has 0 spiro atoms. The molecule has 1 saturated heterocycles. The van der Waals surface area contributed by atoms with Gasteiger partial charge in [-0.3, -0.25) is 9.69 Å². The SMILES string of the molecule is COC[C@H]1CN(Cc2cc(-c3ccc(Cl)s3)on2)CC(=O)N1CC1=CN2C(=CC=CC2N)C=C1. The van der Waals surface area contributed by atoms with Gasteiger partial charge in [0.05, 0.1) is 34.1 Å². The number of rotatable bonds is 7. The second-order valence-electron chi connectivity index (χ2n) is 8.50. The summed E-state index contributed by atoms with van der Waals surface area (Å²) in [5.74, 6) is 0.737. The minimum Gasteiger partial charge on any atom is -0.382 e. The number of hydrogen-bond donors (Lipinski definition) is 1. The highest BCUT2D eigenvalue weighted by Crippen LogP contribution is 2.31. The molecule has 1 unspecified atom stereocenters. The van der Waals surface area contributed by atoms with Crippen molar-refractivity contribution in [1.29, 1.82) is 0 Å².